The molecule has 2 amide bonds. The largest absolute Gasteiger partial charge is 0.355 e. The van der Waals surface area contributed by atoms with Crippen molar-refractivity contribution < 1.29 is 22.4 Å². The molecule has 2 N–H and O–H groups in total. The number of likely N-dealkylation sites (tertiary alicyclic amines) is 1. The van der Waals surface area contributed by atoms with E-state index in [1.165, 1.54) is 19.4 Å². The first-order chi connectivity index (χ1) is 16.4. The van der Waals surface area contributed by atoms with Crippen LogP contribution in [0.5, 0.6) is 0 Å². The third-order valence-electron chi connectivity index (χ3n) is 6.29. The molecule has 0 spiro atoms. The fraction of sp³-hybridized carbons (Fsp3) is 0.440. The van der Waals surface area contributed by atoms with E-state index in [0.29, 0.717) is 26.1 Å². The highest BCUT2D eigenvalue weighted by Crippen LogP contribution is 2.40. The third-order valence-corrected chi connectivity index (χ3v) is 7.61. The molecule has 0 bridgehead atoms. The minimum absolute atomic E-state index is 0.0354. The summed E-state index contributed by atoms with van der Waals surface area (Å²) in [5, 5.41) is 5.04. The van der Waals surface area contributed by atoms with Gasteiger partial charge in [0.15, 0.2) is 0 Å². The highest BCUT2D eigenvalue weighted by atomic mass is 35.5. The van der Waals surface area contributed by atoms with Crippen molar-refractivity contribution in [2.24, 2.45) is 0 Å². The Balaban J connectivity index is 1.95. The molecule has 2 aromatic carbocycles. The molecule has 0 aliphatic carbocycles. The van der Waals surface area contributed by atoms with Crippen molar-refractivity contribution in [3.05, 3.63) is 63.9 Å². The zero-order chi connectivity index (χ0) is 26.0. The van der Waals surface area contributed by atoms with Crippen LogP contribution in [0.2, 0.25) is 5.02 Å². The fourth-order valence-electron chi connectivity index (χ4n) is 4.51. The van der Waals surface area contributed by atoms with Gasteiger partial charge in [0.2, 0.25) is 5.91 Å². The van der Waals surface area contributed by atoms with Gasteiger partial charge in [0.25, 0.3) is 5.91 Å². The maximum Gasteiger partial charge on any atom is 0.253 e. The van der Waals surface area contributed by atoms with Gasteiger partial charge in [-0.2, -0.15) is 0 Å². The molecule has 2 aromatic rings. The molecule has 0 atom stereocenters. The number of halogens is 2. The molecule has 1 aliphatic heterocycles. The second-order valence-corrected chi connectivity index (χ2v) is 12.0. The summed E-state index contributed by atoms with van der Waals surface area (Å²) < 4.78 is 37.3. The normalized spacial score (nSPS) is 15.5. The Kier molecular flexibility index (Phi) is 8.24. The molecular formula is C25H31ClFN3O4S. The monoisotopic (exact) mass is 523 g/mol. The van der Waals surface area contributed by atoms with E-state index in [9.17, 15) is 22.4 Å². The van der Waals surface area contributed by atoms with E-state index in [1.807, 2.05) is 43.0 Å². The lowest BCUT2D eigenvalue weighted by Crippen LogP contribution is -2.65. The quantitative estimate of drug-likeness (QED) is 0.523. The van der Waals surface area contributed by atoms with Gasteiger partial charge in [0.05, 0.1) is 27.4 Å². The summed E-state index contributed by atoms with van der Waals surface area (Å²) in [6.45, 7) is 5.37. The molecule has 0 saturated carbocycles. The van der Waals surface area contributed by atoms with Gasteiger partial charge in [-0.3, -0.25) is 9.59 Å². The highest BCUT2D eigenvalue weighted by Gasteiger charge is 2.51. The lowest BCUT2D eigenvalue weighted by Gasteiger charge is -2.50. The maximum absolute atomic E-state index is 14.3. The maximum atomic E-state index is 14.3. The molecule has 190 valence electrons. The van der Waals surface area contributed by atoms with E-state index in [-0.39, 0.29) is 33.9 Å². The summed E-state index contributed by atoms with van der Waals surface area (Å²) in [6.07, 6.45) is 1.67. The summed E-state index contributed by atoms with van der Waals surface area (Å²) in [4.78, 5) is 28.2. The van der Waals surface area contributed by atoms with Crippen LogP contribution in [0.25, 0.3) is 0 Å². The molecule has 35 heavy (non-hydrogen) atoms. The van der Waals surface area contributed by atoms with Crippen LogP contribution in [0.1, 0.15) is 47.7 Å². The summed E-state index contributed by atoms with van der Waals surface area (Å²) in [5.74, 6) is -1.39. The zero-order valence-electron chi connectivity index (χ0n) is 20.3. The molecular weight excluding hydrogens is 493 g/mol. The zero-order valence-corrected chi connectivity index (χ0v) is 21.9. The number of anilines is 1. The van der Waals surface area contributed by atoms with E-state index in [2.05, 4.69) is 10.6 Å². The van der Waals surface area contributed by atoms with Gasteiger partial charge in [0.1, 0.15) is 15.7 Å². The number of amides is 2. The lowest BCUT2D eigenvalue weighted by molar-refractivity contribution is -0.128. The van der Waals surface area contributed by atoms with Crippen molar-refractivity contribution in [1.82, 2.24) is 10.2 Å². The van der Waals surface area contributed by atoms with Crippen LogP contribution in [0, 0.1) is 5.82 Å². The minimum atomic E-state index is -3.07. The van der Waals surface area contributed by atoms with Crippen LogP contribution >= 0.6 is 11.6 Å². The average molecular weight is 524 g/mol. The predicted molar refractivity (Wildman–Crippen MR) is 136 cm³/mol. The van der Waals surface area contributed by atoms with E-state index < -0.39 is 27.0 Å². The number of benzene rings is 2. The molecule has 10 heteroatoms. The van der Waals surface area contributed by atoms with Crippen LogP contribution in [0.15, 0.2) is 36.4 Å². The molecule has 1 fully saturated rings. The number of sulfone groups is 1. The van der Waals surface area contributed by atoms with Crippen LogP contribution in [0.4, 0.5) is 10.1 Å². The molecule has 7 nitrogen and oxygen atoms in total. The number of nitrogens with one attached hydrogen (secondary N) is 2. The molecule has 1 saturated heterocycles. The average Bonchev–Trinajstić information content (AvgIpc) is 2.76. The van der Waals surface area contributed by atoms with Gasteiger partial charge in [-0.1, -0.05) is 49.7 Å². The first kappa shape index (κ1) is 27.1. The SMILES string of the molecule is CNC(=O)c1cc(Cl)c(F)cc1NC(=O)C1(c2ccccc2C(C)C)CN(CCCS(C)(=O)=O)C1. The molecule has 0 aromatic heterocycles. The van der Waals surface area contributed by atoms with Gasteiger partial charge < -0.3 is 15.5 Å². The molecule has 1 aliphatic rings. The lowest BCUT2D eigenvalue weighted by atomic mass is 9.69. The van der Waals surface area contributed by atoms with E-state index in [1.54, 1.807) is 0 Å². The highest BCUT2D eigenvalue weighted by molar-refractivity contribution is 7.90. The Morgan fingerprint density at radius 3 is 2.46 bits per heavy atom. The van der Waals surface area contributed by atoms with Crippen molar-refractivity contribution in [1.29, 1.82) is 0 Å². The van der Waals surface area contributed by atoms with Gasteiger partial charge in [-0.05, 0) is 42.1 Å². The number of hydrogen-bond donors (Lipinski definition) is 2. The van der Waals surface area contributed by atoms with E-state index in [0.717, 1.165) is 17.2 Å². The number of carbonyl (C=O) groups excluding carboxylic acids is 2. The molecule has 0 unspecified atom stereocenters. The Bertz CT molecular complexity index is 1230. The smallest absolute Gasteiger partial charge is 0.253 e. The second kappa shape index (κ2) is 10.6. The van der Waals surface area contributed by atoms with Crippen molar-refractivity contribution >= 4 is 38.9 Å². The molecule has 3 rings (SSSR count). The summed E-state index contributed by atoms with van der Waals surface area (Å²) in [6, 6.07) is 9.95. The van der Waals surface area contributed by atoms with E-state index in [4.69, 9.17) is 11.6 Å². The number of nitrogens with zero attached hydrogens (tertiary/aromatic N) is 1. The Morgan fingerprint density at radius 1 is 1.20 bits per heavy atom. The van der Waals surface area contributed by atoms with Gasteiger partial charge in [-0.15, -0.1) is 0 Å². The standard InChI is InChI=1S/C25H31ClFN3O4S/c1-16(2)17-8-5-6-9-19(17)25(14-30(15-25)10-7-11-35(4,33)34)24(32)29-22-13-21(27)20(26)12-18(22)23(31)28-3/h5-6,8-9,12-13,16H,7,10-11,14-15H2,1-4H3,(H,28,31)(H,29,32). The van der Waals surface area contributed by atoms with E-state index >= 15 is 0 Å². The first-order valence-electron chi connectivity index (χ1n) is 11.4. The van der Waals surface area contributed by atoms with Crippen molar-refractivity contribution in [3.8, 4) is 0 Å². The van der Waals surface area contributed by atoms with Crippen molar-refractivity contribution in [2.45, 2.75) is 31.6 Å². The number of hydrogen-bond acceptors (Lipinski definition) is 5. The predicted octanol–water partition coefficient (Wildman–Crippen LogP) is 3.59. The minimum Gasteiger partial charge on any atom is -0.355 e. The summed E-state index contributed by atoms with van der Waals surface area (Å²) in [5.41, 5.74) is 1.04. The number of rotatable bonds is 9. The summed E-state index contributed by atoms with van der Waals surface area (Å²) >= 11 is 5.89. The van der Waals surface area contributed by atoms with Crippen LogP contribution in [-0.2, 0) is 20.0 Å². The topological polar surface area (TPSA) is 95.6 Å². The second-order valence-electron chi connectivity index (χ2n) is 9.36. The van der Waals surface area contributed by atoms with Crippen molar-refractivity contribution in [3.63, 3.8) is 0 Å². The Hall–Kier alpha value is -2.49. The van der Waals surface area contributed by atoms with Gasteiger partial charge >= 0.3 is 0 Å². The molecule has 0 radical (unpaired) electrons. The van der Waals surface area contributed by atoms with Crippen molar-refractivity contribution in [2.75, 3.05) is 44.0 Å². The fourth-order valence-corrected chi connectivity index (χ4v) is 5.33. The van der Waals surface area contributed by atoms with Crippen LogP contribution in [-0.4, -0.2) is 63.8 Å². The number of carbonyl (C=O) groups is 2. The van der Waals surface area contributed by atoms with Gasteiger partial charge in [-0.25, -0.2) is 12.8 Å². The Labute approximate surface area is 211 Å². The first-order valence-corrected chi connectivity index (χ1v) is 13.8. The van der Waals surface area contributed by atoms with Crippen LogP contribution in [0.3, 0.4) is 0 Å². The van der Waals surface area contributed by atoms with Crippen LogP contribution < -0.4 is 10.6 Å². The van der Waals surface area contributed by atoms with Gasteiger partial charge in [0, 0.05) is 26.4 Å². The molecule has 1 heterocycles. The Morgan fingerprint density at radius 2 is 1.86 bits per heavy atom. The third kappa shape index (κ3) is 6.02. The summed E-state index contributed by atoms with van der Waals surface area (Å²) in [7, 11) is -1.64.